The van der Waals surface area contributed by atoms with Crippen molar-refractivity contribution in [3.63, 3.8) is 0 Å². The normalized spacial score (nSPS) is 21.3. The summed E-state index contributed by atoms with van der Waals surface area (Å²) in [5.41, 5.74) is -0.667. The van der Waals surface area contributed by atoms with E-state index in [2.05, 4.69) is 0 Å². The zero-order chi connectivity index (χ0) is 19.9. The first-order valence-electron chi connectivity index (χ1n) is 8.84. The van der Waals surface area contributed by atoms with E-state index in [4.69, 9.17) is 4.74 Å². The Bertz CT molecular complexity index is 691. The van der Waals surface area contributed by atoms with E-state index >= 15 is 0 Å². The molecule has 5 nitrogen and oxygen atoms in total. The van der Waals surface area contributed by atoms with Crippen LogP contribution in [0.25, 0.3) is 0 Å². The van der Waals surface area contributed by atoms with Crippen molar-refractivity contribution < 1.29 is 18.7 Å². The number of nitrogens with zero attached hydrogens (tertiary/aromatic N) is 2. The van der Waals surface area contributed by atoms with Crippen molar-refractivity contribution in [3.8, 4) is 0 Å². The number of benzene rings is 1. The number of hydrogen-bond donors (Lipinski definition) is 0. The van der Waals surface area contributed by atoms with E-state index in [1.807, 2.05) is 20.8 Å². The molecule has 0 saturated carbocycles. The Balaban J connectivity index is 2.44. The van der Waals surface area contributed by atoms with Gasteiger partial charge in [-0.2, -0.15) is 0 Å². The quantitative estimate of drug-likeness (QED) is 0.803. The molecule has 1 aliphatic heterocycles. The molecule has 0 radical (unpaired) electrons. The fourth-order valence-corrected chi connectivity index (χ4v) is 3.43. The molecule has 1 aliphatic rings. The van der Waals surface area contributed by atoms with Gasteiger partial charge in [-0.05, 0) is 32.4 Å². The molecule has 144 valence electrons. The molecule has 1 saturated heterocycles. The van der Waals surface area contributed by atoms with Crippen LogP contribution in [0, 0.1) is 11.2 Å². The molecule has 1 aromatic carbocycles. The molecule has 0 N–H and O–H groups in total. The molecule has 26 heavy (non-hydrogen) atoms. The van der Waals surface area contributed by atoms with Crippen molar-refractivity contribution in [1.82, 2.24) is 9.80 Å². The van der Waals surface area contributed by atoms with Crippen LogP contribution < -0.4 is 0 Å². The van der Waals surface area contributed by atoms with Gasteiger partial charge in [-0.15, -0.1) is 0 Å². The van der Waals surface area contributed by atoms with Gasteiger partial charge in [-0.25, -0.2) is 9.18 Å². The zero-order valence-corrected chi connectivity index (χ0v) is 16.7. The van der Waals surface area contributed by atoms with Crippen molar-refractivity contribution in [2.75, 3.05) is 7.05 Å². The SMILES string of the molecule is CN1C(=O)[C@H](Cc2ccccc2[18F])N(C(=O)OC(C)(C)C)[C@H]1C(C)(C)C. The Morgan fingerprint density at radius 3 is 2.23 bits per heavy atom. The first-order valence-corrected chi connectivity index (χ1v) is 8.84. The maximum atomic E-state index is 14.1. The monoisotopic (exact) mass is 363 g/mol. The molecule has 2 amide bonds. The highest BCUT2D eigenvalue weighted by atomic mass is 18.2. The fraction of sp³-hybridized carbons (Fsp3) is 0.600. The number of carbonyl (C=O) groups excluding carboxylic acids is 2. The largest absolute Gasteiger partial charge is 0.444 e. The van der Waals surface area contributed by atoms with Crippen molar-refractivity contribution in [3.05, 3.63) is 35.6 Å². The lowest BCUT2D eigenvalue weighted by atomic mass is 9.91. The summed E-state index contributed by atoms with van der Waals surface area (Å²) in [4.78, 5) is 28.9. The van der Waals surface area contributed by atoms with E-state index in [1.54, 1.807) is 50.9 Å². The van der Waals surface area contributed by atoms with Crippen molar-refractivity contribution in [1.29, 1.82) is 0 Å². The van der Waals surface area contributed by atoms with E-state index in [0.717, 1.165) is 0 Å². The molecule has 0 aromatic heterocycles. The van der Waals surface area contributed by atoms with Crippen LogP contribution in [0.4, 0.5) is 9.18 Å². The Morgan fingerprint density at radius 1 is 1.15 bits per heavy atom. The first-order chi connectivity index (χ1) is 11.8. The molecule has 1 heterocycles. The minimum absolute atomic E-state index is 0.113. The predicted molar refractivity (Wildman–Crippen MR) is 98.0 cm³/mol. The van der Waals surface area contributed by atoms with Crippen LogP contribution in [-0.4, -0.2) is 46.7 Å². The average Bonchev–Trinajstić information content (AvgIpc) is 2.72. The van der Waals surface area contributed by atoms with Gasteiger partial charge in [0.2, 0.25) is 5.91 Å². The lowest BCUT2D eigenvalue weighted by Crippen LogP contribution is -2.52. The highest BCUT2D eigenvalue weighted by Gasteiger charge is 2.52. The van der Waals surface area contributed by atoms with Crippen LogP contribution in [0.5, 0.6) is 0 Å². The van der Waals surface area contributed by atoms with Gasteiger partial charge in [-0.1, -0.05) is 39.0 Å². The second kappa shape index (κ2) is 6.89. The second-order valence-corrected chi connectivity index (χ2v) is 8.89. The number of hydrogen-bond acceptors (Lipinski definition) is 3. The van der Waals surface area contributed by atoms with Crippen LogP contribution in [0.3, 0.4) is 0 Å². The smallest absolute Gasteiger partial charge is 0.412 e. The van der Waals surface area contributed by atoms with Gasteiger partial charge in [0.15, 0.2) is 0 Å². The minimum atomic E-state index is -0.795. The maximum absolute atomic E-state index is 14.1. The van der Waals surface area contributed by atoms with E-state index in [9.17, 15) is 14.0 Å². The van der Waals surface area contributed by atoms with Crippen LogP contribution in [-0.2, 0) is 16.0 Å². The Kier molecular flexibility index (Phi) is 5.36. The number of halogens is 1. The summed E-state index contributed by atoms with van der Waals surface area (Å²) in [5, 5.41) is 0. The Morgan fingerprint density at radius 2 is 1.73 bits per heavy atom. The van der Waals surface area contributed by atoms with Crippen LogP contribution in [0.15, 0.2) is 24.3 Å². The molecule has 2 atom stereocenters. The molecule has 1 fully saturated rings. The third kappa shape index (κ3) is 4.17. The molecule has 1 aromatic rings. The highest BCUT2D eigenvalue weighted by Crippen LogP contribution is 2.36. The summed E-state index contributed by atoms with van der Waals surface area (Å²) >= 11 is 0. The summed E-state index contributed by atoms with van der Waals surface area (Å²) in [6.45, 7) is 11.2. The summed E-state index contributed by atoms with van der Waals surface area (Å²) in [6, 6.07) is 5.53. The summed E-state index contributed by atoms with van der Waals surface area (Å²) < 4.78 is 19.7. The van der Waals surface area contributed by atoms with Gasteiger partial charge >= 0.3 is 6.09 Å². The molecule has 6 heteroatoms. The minimum Gasteiger partial charge on any atom is -0.444 e. The number of likely N-dealkylation sites (N-methyl/N-ethyl adjacent to an activating group) is 1. The lowest BCUT2D eigenvalue weighted by molar-refractivity contribution is -0.129. The Labute approximate surface area is 155 Å². The number of rotatable bonds is 2. The van der Waals surface area contributed by atoms with E-state index in [0.29, 0.717) is 5.56 Å². The maximum Gasteiger partial charge on any atom is 0.412 e. The van der Waals surface area contributed by atoms with Crippen molar-refractivity contribution in [2.24, 2.45) is 5.41 Å². The number of ether oxygens (including phenoxy) is 1. The van der Waals surface area contributed by atoms with Crippen LogP contribution in [0.1, 0.15) is 47.1 Å². The van der Waals surface area contributed by atoms with Gasteiger partial charge in [0.25, 0.3) is 0 Å². The van der Waals surface area contributed by atoms with Crippen LogP contribution in [0.2, 0.25) is 0 Å². The van der Waals surface area contributed by atoms with Crippen molar-refractivity contribution >= 4 is 12.0 Å². The lowest BCUT2D eigenvalue weighted by Gasteiger charge is -2.39. The molecule has 0 unspecified atom stereocenters. The molecular weight excluding hydrogens is 334 g/mol. The zero-order valence-electron chi connectivity index (χ0n) is 16.7. The van der Waals surface area contributed by atoms with Gasteiger partial charge in [-0.3, -0.25) is 9.69 Å². The number of amides is 2. The van der Waals surface area contributed by atoms with Gasteiger partial charge in [0.05, 0.1) is 0 Å². The van der Waals surface area contributed by atoms with E-state index < -0.39 is 23.9 Å². The van der Waals surface area contributed by atoms with Gasteiger partial charge < -0.3 is 9.64 Å². The standard InChI is InChI=1S/C20H29FN2O3/c1-19(2,3)17-22(7)16(24)15(12-13-10-8-9-11-14(13)21)23(17)18(25)26-20(4,5)6/h8-11,15,17H,12H2,1-7H3/t15-,17-/m0/s1/i21-1. The van der Waals surface area contributed by atoms with Crippen LogP contribution >= 0.6 is 0 Å². The average molecular weight is 363 g/mol. The third-order valence-electron chi connectivity index (χ3n) is 4.35. The van der Waals surface area contributed by atoms with E-state index in [1.165, 1.54) is 11.0 Å². The van der Waals surface area contributed by atoms with Crippen molar-refractivity contribution in [2.45, 2.75) is 65.8 Å². The number of carbonyl (C=O) groups is 2. The topological polar surface area (TPSA) is 49.9 Å². The molecule has 0 bridgehead atoms. The molecule has 0 aliphatic carbocycles. The summed E-state index contributed by atoms with van der Waals surface area (Å²) in [6.07, 6.45) is -0.917. The van der Waals surface area contributed by atoms with Gasteiger partial charge in [0.1, 0.15) is 23.6 Å². The predicted octanol–water partition coefficient (Wildman–Crippen LogP) is 3.82. The summed E-state index contributed by atoms with van der Waals surface area (Å²) in [7, 11) is 1.68. The second-order valence-electron chi connectivity index (χ2n) is 8.89. The molecule has 0 spiro atoms. The molecule has 2 rings (SSSR count). The molecular formula is C20H29FN2O3. The van der Waals surface area contributed by atoms with E-state index in [-0.39, 0.29) is 23.6 Å². The fourth-order valence-electron chi connectivity index (χ4n) is 3.43. The summed E-state index contributed by atoms with van der Waals surface area (Å²) in [5.74, 6) is -0.592. The Hall–Kier alpha value is -2.11. The first kappa shape index (κ1) is 20.2. The van der Waals surface area contributed by atoms with Gasteiger partial charge in [0, 0.05) is 18.9 Å². The third-order valence-corrected chi connectivity index (χ3v) is 4.35. The highest BCUT2D eigenvalue weighted by molar-refractivity contribution is 5.89.